The van der Waals surface area contributed by atoms with Crippen molar-refractivity contribution in [2.75, 3.05) is 26.7 Å². The Morgan fingerprint density at radius 2 is 1.74 bits per heavy atom. The van der Waals surface area contributed by atoms with Gasteiger partial charge in [0.25, 0.3) is 5.91 Å². The van der Waals surface area contributed by atoms with Gasteiger partial charge in [0.05, 0.1) is 16.6 Å². The zero-order valence-electron chi connectivity index (χ0n) is 15.2. The van der Waals surface area contributed by atoms with Crippen LogP contribution in [0.1, 0.15) is 22.3 Å². The first-order valence-corrected chi connectivity index (χ1v) is 9.43. The van der Waals surface area contributed by atoms with E-state index in [0.717, 1.165) is 19.5 Å². The zero-order chi connectivity index (χ0) is 19.6. The molecule has 0 heterocycles. The van der Waals surface area contributed by atoms with Crippen LogP contribution in [0.4, 0.5) is 0 Å². The summed E-state index contributed by atoms with van der Waals surface area (Å²) in [6.07, 6.45) is 0.829. The second-order valence-electron chi connectivity index (χ2n) is 6.24. The van der Waals surface area contributed by atoms with Crippen molar-refractivity contribution < 1.29 is 9.59 Å². The van der Waals surface area contributed by atoms with Crippen molar-refractivity contribution in [2.45, 2.75) is 13.0 Å². The molecular weight excluding hydrogens is 385 g/mol. The highest BCUT2D eigenvalue weighted by Gasteiger charge is 2.10. The molecule has 5 nitrogen and oxygen atoms in total. The van der Waals surface area contributed by atoms with Gasteiger partial charge in [0.1, 0.15) is 0 Å². The first kappa shape index (κ1) is 21.2. The molecule has 0 aliphatic heterocycles. The molecule has 0 aromatic heterocycles. The third kappa shape index (κ3) is 7.59. The Hall–Kier alpha value is -2.08. The molecule has 0 fully saturated rings. The predicted molar refractivity (Wildman–Crippen MR) is 109 cm³/mol. The van der Waals surface area contributed by atoms with Crippen molar-refractivity contribution in [1.82, 2.24) is 15.5 Å². The largest absolute Gasteiger partial charge is 0.355 e. The summed E-state index contributed by atoms with van der Waals surface area (Å²) in [7, 11) is 2.05. The molecule has 0 radical (unpaired) electrons. The number of nitrogens with one attached hydrogen (secondary N) is 2. The van der Waals surface area contributed by atoms with Gasteiger partial charge in [0.15, 0.2) is 0 Å². The minimum atomic E-state index is -0.369. The number of hydrogen-bond acceptors (Lipinski definition) is 3. The highest BCUT2D eigenvalue weighted by Crippen LogP contribution is 2.22. The predicted octanol–water partition coefficient (Wildman–Crippen LogP) is 3.36. The molecule has 0 saturated carbocycles. The number of carbonyl (C=O) groups excluding carboxylic acids is 2. The van der Waals surface area contributed by atoms with Crippen LogP contribution >= 0.6 is 23.2 Å². The SMILES string of the molecule is CN(CCCNC(=O)CNC(=O)c1ccc(Cl)c(Cl)c1)Cc1ccccc1. The number of benzene rings is 2. The van der Waals surface area contributed by atoms with Gasteiger partial charge in [-0.15, -0.1) is 0 Å². The lowest BCUT2D eigenvalue weighted by atomic mass is 10.2. The van der Waals surface area contributed by atoms with Gasteiger partial charge in [-0.25, -0.2) is 0 Å². The Bertz CT molecular complexity index is 769. The Kier molecular flexibility index (Phi) is 8.58. The van der Waals surface area contributed by atoms with Gasteiger partial charge in [-0.1, -0.05) is 53.5 Å². The van der Waals surface area contributed by atoms with E-state index in [1.807, 2.05) is 25.2 Å². The van der Waals surface area contributed by atoms with Crippen molar-refractivity contribution >= 4 is 35.0 Å². The Balaban J connectivity index is 1.61. The van der Waals surface area contributed by atoms with E-state index in [0.29, 0.717) is 22.2 Å². The van der Waals surface area contributed by atoms with Crippen molar-refractivity contribution in [2.24, 2.45) is 0 Å². The lowest BCUT2D eigenvalue weighted by molar-refractivity contribution is -0.120. The van der Waals surface area contributed by atoms with Crippen LogP contribution in [-0.2, 0) is 11.3 Å². The molecule has 2 N–H and O–H groups in total. The van der Waals surface area contributed by atoms with Crippen molar-refractivity contribution in [3.8, 4) is 0 Å². The molecule has 0 bridgehead atoms. The van der Waals surface area contributed by atoms with E-state index in [4.69, 9.17) is 23.2 Å². The van der Waals surface area contributed by atoms with Crippen LogP contribution in [0.15, 0.2) is 48.5 Å². The Labute approximate surface area is 169 Å². The van der Waals surface area contributed by atoms with Crippen LogP contribution < -0.4 is 10.6 Å². The number of rotatable bonds is 9. The molecule has 0 saturated heterocycles. The molecule has 7 heteroatoms. The lowest BCUT2D eigenvalue weighted by Gasteiger charge is -2.16. The number of halogens is 2. The topological polar surface area (TPSA) is 61.4 Å². The summed E-state index contributed by atoms with van der Waals surface area (Å²) in [5, 5.41) is 6.04. The van der Waals surface area contributed by atoms with Gasteiger partial charge in [-0.3, -0.25) is 9.59 Å². The average molecular weight is 408 g/mol. The maximum absolute atomic E-state index is 12.0. The molecule has 0 aliphatic rings. The summed E-state index contributed by atoms with van der Waals surface area (Å²) in [6.45, 7) is 2.21. The molecule has 2 aromatic rings. The smallest absolute Gasteiger partial charge is 0.251 e. The second kappa shape index (κ2) is 10.9. The molecule has 0 unspecified atom stereocenters. The van der Waals surface area contributed by atoms with Crippen LogP contribution in [0, 0.1) is 0 Å². The van der Waals surface area contributed by atoms with Gasteiger partial charge in [0.2, 0.25) is 5.91 Å². The van der Waals surface area contributed by atoms with E-state index >= 15 is 0 Å². The quantitative estimate of drug-likeness (QED) is 0.626. The van der Waals surface area contributed by atoms with Gasteiger partial charge in [0, 0.05) is 18.7 Å². The fraction of sp³-hybridized carbons (Fsp3) is 0.300. The zero-order valence-corrected chi connectivity index (χ0v) is 16.7. The molecule has 2 aromatic carbocycles. The molecule has 27 heavy (non-hydrogen) atoms. The molecule has 0 atom stereocenters. The minimum absolute atomic E-state index is 0.0844. The van der Waals surface area contributed by atoms with E-state index in [-0.39, 0.29) is 18.4 Å². The average Bonchev–Trinajstić information content (AvgIpc) is 2.66. The summed E-state index contributed by atoms with van der Waals surface area (Å²) in [6, 6.07) is 14.8. The molecule has 2 rings (SSSR count). The summed E-state index contributed by atoms with van der Waals surface area (Å²) >= 11 is 11.7. The fourth-order valence-electron chi connectivity index (χ4n) is 2.51. The van der Waals surface area contributed by atoms with E-state index in [2.05, 4.69) is 27.7 Å². The van der Waals surface area contributed by atoms with Gasteiger partial charge in [-0.2, -0.15) is 0 Å². The van der Waals surface area contributed by atoms with Crippen LogP contribution in [0.25, 0.3) is 0 Å². The first-order valence-electron chi connectivity index (χ1n) is 8.68. The fourth-order valence-corrected chi connectivity index (χ4v) is 2.81. The van der Waals surface area contributed by atoms with Gasteiger partial charge >= 0.3 is 0 Å². The van der Waals surface area contributed by atoms with Crippen molar-refractivity contribution in [3.63, 3.8) is 0 Å². The minimum Gasteiger partial charge on any atom is -0.355 e. The third-order valence-electron chi connectivity index (χ3n) is 3.93. The third-order valence-corrected chi connectivity index (χ3v) is 4.66. The number of amides is 2. The van der Waals surface area contributed by atoms with Crippen LogP contribution in [0.2, 0.25) is 10.0 Å². The first-order chi connectivity index (χ1) is 13.0. The van der Waals surface area contributed by atoms with Crippen molar-refractivity contribution in [3.05, 3.63) is 69.7 Å². The van der Waals surface area contributed by atoms with Crippen LogP contribution in [0.3, 0.4) is 0 Å². The summed E-state index contributed by atoms with van der Waals surface area (Å²) in [5.74, 6) is -0.597. The van der Waals surface area contributed by atoms with Gasteiger partial charge < -0.3 is 15.5 Å². The maximum atomic E-state index is 12.0. The number of hydrogen-bond donors (Lipinski definition) is 2. The van der Waals surface area contributed by atoms with E-state index in [1.165, 1.54) is 11.6 Å². The highest BCUT2D eigenvalue weighted by atomic mass is 35.5. The molecule has 0 aliphatic carbocycles. The molecule has 0 spiro atoms. The molecule has 2 amide bonds. The van der Waals surface area contributed by atoms with Gasteiger partial charge in [-0.05, 0) is 43.8 Å². The second-order valence-corrected chi connectivity index (χ2v) is 7.05. The molecule has 144 valence electrons. The standard InChI is InChI=1S/C20H23Cl2N3O2/c1-25(14-15-6-3-2-4-7-15)11-5-10-23-19(26)13-24-20(27)16-8-9-17(21)18(22)12-16/h2-4,6-9,12H,5,10-11,13-14H2,1H3,(H,23,26)(H,24,27). The van der Waals surface area contributed by atoms with Crippen molar-refractivity contribution in [1.29, 1.82) is 0 Å². The van der Waals surface area contributed by atoms with E-state index in [9.17, 15) is 9.59 Å². The maximum Gasteiger partial charge on any atom is 0.251 e. The van der Waals surface area contributed by atoms with Crippen LogP contribution in [-0.4, -0.2) is 43.4 Å². The summed E-state index contributed by atoms with van der Waals surface area (Å²) < 4.78 is 0. The number of carbonyl (C=O) groups is 2. The number of nitrogens with zero attached hydrogens (tertiary/aromatic N) is 1. The summed E-state index contributed by atoms with van der Waals surface area (Å²) in [4.78, 5) is 26.1. The Morgan fingerprint density at radius 1 is 1.00 bits per heavy atom. The highest BCUT2D eigenvalue weighted by molar-refractivity contribution is 6.42. The monoisotopic (exact) mass is 407 g/mol. The summed E-state index contributed by atoms with van der Waals surface area (Å²) in [5.41, 5.74) is 1.62. The van der Waals surface area contributed by atoms with E-state index < -0.39 is 0 Å². The van der Waals surface area contributed by atoms with Crippen LogP contribution in [0.5, 0.6) is 0 Å². The Morgan fingerprint density at radius 3 is 2.44 bits per heavy atom. The van der Waals surface area contributed by atoms with E-state index in [1.54, 1.807) is 12.1 Å². The molecular formula is C20H23Cl2N3O2. The normalized spacial score (nSPS) is 10.7. The lowest BCUT2D eigenvalue weighted by Crippen LogP contribution is -2.37.